The van der Waals surface area contributed by atoms with Crippen LogP contribution in [0.2, 0.25) is 0 Å². The number of hydrogen-bond acceptors (Lipinski definition) is 0. The van der Waals surface area contributed by atoms with Gasteiger partial charge in [0.05, 0.1) is 0 Å². The first-order chi connectivity index (χ1) is 9.65. The Morgan fingerprint density at radius 2 is 1.85 bits per heavy atom. The van der Waals surface area contributed by atoms with Crippen LogP contribution in [0.1, 0.15) is 56.2 Å². The molecule has 106 valence electrons. The maximum atomic E-state index is 4.16. The van der Waals surface area contributed by atoms with E-state index in [1.54, 1.807) is 0 Å². The second-order valence-corrected chi connectivity index (χ2v) is 5.77. The van der Waals surface area contributed by atoms with Crippen molar-refractivity contribution in [1.29, 1.82) is 0 Å². The van der Waals surface area contributed by atoms with Crippen molar-refractivity contribution in [3.05, 3.63) is 53.6 Å². The summed E-state index contributed by atoms with van der Waals surface area (Å²) in [6.45, 7) is 10.8. The van der Waals surface area contributed by atoms with E-state index in [0.717, 1.165) is 6.42 Å². The van der Waals surface area contributed by atoms with Crippen molar-refractivity contribution < 1.29 is 0 Å². The minimum Gasteiger partial charge on any atom is -0.0952 e. The van der Waals surface area contributed by atoms with Gasteiger partial charge >= 0.3 is 0 Å². The standard InChI is InChI=1S/C20H26/c1-5-7-8-9-18-12-15(3)13-19-14-17(16(4)6-2)10-11-20(18)19/h10-14H,4-9H2,1-3H3. The van der Waals surface area contributed by atoms with Crippen LogP contribution in [0.5, 0.6) is 0 Å². The summed E-state index contributed by atoms with van der Waals surface area (Å²) >= 11 is 0. The minimum absolute atomic E-state index is 1.01. The molecule has 2 aromatic carbocycles. The van der Waals surface area contributed by atoms with Crippen molar-refractivity contribution in [2.45, 2.75) is 52.9 Å². The van der Waals surface area contributed by atoms with Crippen LogP contribution in [0.4, 0.5) is 0 Å². The van der Waals surface area contributed by atoms with Crippen molar-refractivity contribution in [2.75, 3.05) is 0 Å². The van der Waals surface area contributed by atoms with Crippen LogP contribution in [-0.4, -0.2) is 0 Å². The SMILES string of the molecule is C=C(CC)c1ccc2c(CCCCC)cc(C)cc2c1. The Bertz CT molecular complexity index is 605. The number of fused-ring (bicyclic) bond motifs is 1. The Kier molecular flexibility index (Phi) is 5.00. The molecule has 2 aromatic rings. The fourth-order valence-electron chi connectivity index (χ4n) is 2.81. The Morgan fingerprint density at radius 1 is 1.05 bits per heavy atom. The molecule has 0 aliphatic carbocycles. The summed E-state index contributed by atoms with van der Waals surface area (Å²) in [5.41, 5.74) is 5.37. The van der Waals surface area contributed by atoms with Crippen LogP contribution in [0.15, 0.2) is 36.9 Å². The van der Waals surface area contributed by atoms with Crippen molar-refractivity contribution >= 4 is 16.3 Å². The highest BCUT2D eigenvalue weighted by Crippen LogP contribution is 2.27. The first-order valence-electron chi connectivity index (χ1n) is 7.87. The highest BCUT2D eigenvalue weighted by molar-refractivity contribution is 5.89. The molecule has 0 atom stereocenters. The van der Waals surface area contributed by atoms with Crippen LogP contribution in [0.25, 0.3) is 16.3 Å². The molecular formula is C20H26. The van der Waals surface area contributed by atoms with E-state index in [9.17, 15) is 0 Å². The predicted molar refractivity (Wildman–Crippen MR) is 91.2 cm³/mol. The van der Waals surface area contributed by atoms with E-state index in [-0.39, 0.29) is 0 Å². The van der Waals surface area contributed by atoms with Gasteiger partial charge in [0.2, 0.25) is 0 Å². The van der Waals surface area contributed by atoms with Crippen LogP contribution in [0.3, 0.4) is 0 Å². The van der Waals surface area contributed by atoms with E-state index >= 15 is 0 Å². The predicted octanol–water partition coefficient (Wildman–Crippen LogP) is 6.30. The third-order valence-corrected chi connectivity index (χ3v) is 4.07. The van der Waals surface area contributed by atoms with Gasteiger partial charge in [-0.1, -0.05) is 63.1 Å². The average molecular weight is 266 g/mol. The lowest BCUT2D eigenvalue weighted by atomic mass is 9.94. The van der Waals surface area contributed by atoms with Gasteiger partial charge in [-0.3, -0.25) is 0 Å². The molecule has 0 saturated heterocycles. The van der Waals surface area contributed by atoms with E-state index in [1.165, 1.54) is 58.7 Å². The van der Waals surface area contributed by atoms with Gasteiger partial charge in [0.1, 0.15) is 0 Å². The molecule has 2 rings (SSSR count). The van der Waals surface area contributed by atoms with Gasteiger partial charge < -0.3 is 0 Å². The van der Waals surface area contributed by atoms with Gasteiger partial charge in [-0.25, -0.2) is 0 Å². The highest BCUT2D eigenvalue weighted by atomic mass is 14.1. The summed E-state index contributed by atoms with van der Waals surface area (Å²) < 4.78 is 0. The topological polar surface area (TPSA) is 0 Å². The lowest BCUT2D eigenvalue weighted by molar-refractivity contribution is 0.719. The van der Waals surface area contributed by atoms with Gasteiger partial charge in [0, 0.05) is 0 Å². The Labute approximate surface area is 123 Å². The van der Waals surface area contributed by atoms with E-state index < -0.39 is 0 Å². The number of unbranched alkanes of at least 4 members (excludes halogenated alkanes) is 2. The molecule has 20 heavy (non-hydrogen) atoms. The Balaban J connectivity index is 2.41. The minimum atomic E-state index is 1.01. The smallest absolute Gasteiger partial charge is 0.0151 e. The maximum absolute atomic E-state index is 4.16. The largest absolute Gasteiger partial charge is 0.0952 e. The molecule has 0 saturated carbocycles. The summed E-state index contributed by atoms with van der Waals surface area (Å²) in [5.74, 6) is 0. The highest BCUT2D eigenvalue weighted by Gasteiger charge is 2.05. The average Bonchev–Trinajstić information content (AvgIpc) is 2.45. The number of hydrogen-bond donors (Lipinski definition) is 0. The first-order valence-corrected chi connectivity index (χ1v) is 7.87. The lowest BCUT2D eigenvalue weighted by Gasteiger charge is -2.11. The van der Waals surface area contributed by atoms with Crippen molar-refractivity contribution in [1.82, 2.24) is 0 Å². The summed E-state index contributed by atoms with van der Waals surface area (Å²) in [7, 11) is 0. The fraction of sp³-hybridized carbons (Fsp3) is 0.400. The first kappa shape index (κ1) is 14.8. The number of allylic oxidation sites excluding steroid dienone is 1. The quantitative estimate of drug-likeness (QED) is 0.538. The molecule has 0 fully saturated rings. The third-order valence-electron chi connectivity index (χ3n) is 4.07. The van der Waals surface area contributed by atoms with Gasteiger partial charge in [0.15, 0.2) is 0 Å². The van der Waals surface area contributed by atoms with Crippen LogP contribution in [0, 0.1) is 6.92 Å². The molecule has 0 aliphatic rings. The van der Waals surface area contributed by atoms with E-state index in [2.05, 4.69) is 57.7 Å². The summed E-state index contributed by atoms with van der Waals surface area (Å²) in [6.07, 6.45) is 6.10. The summed E-state index contributed by atoms with van der Waals surface area (Å²) in [4.78, 5) is 0. The van der Waals surface area contributed by atoms with Crippen LogP contribution >= 0.6 is 0 Å². The molecule has 0 spiro atoms. The Morgan fingerprint density at radius 3 is 2.55 bits per heavy atom. The summed E-state index contributed by atoms with van der Waals surface area (Å²) in [5, 5.41) is 2.78. The molecule has 0 aromatic heterocycles. The van der Waals surface area contributed by atoms with Crippen molar-refractivity contribution in [2.24, 2.45) is 0 Å². The maximum Gasteiger partial charge on any atom is -0.0151 e. The third kappa shape index (κ3) is 3.30. The van der Waals surface area contributed by atoms with Crippen molar-refractivity contribution in [3.8, 4) is 0 Å². The molecule has 0 unspecified atom stereocenters. The van der Waals surface area contributed by atoms with E-state index in [0.29, 0.717) is 0 Å². The Hall–Kier alpha value is -1.56. The molecule has 0 N–H and O–H groups in total. The van der Waals surface area contributed by atoms with Gasteiger partial charge in [0.25, 0.3) is 0 Å². The normalized spacial score (nSPS) is 10.9. The zero-order chi connectivity index (χ0) is 14.5. The van der Waals surface area contributed by atoms with Crippen molar-refractivity contribution in [3.63, 3.8) is 0 Å². The monoisotopic (exact) mass is 266 g/mol. The molecule has 0 amide bonds. The van der Waals surface area contributed by atoms with Gasteiger partial charge in [-0.15, -0.1) is 0 Å². The van der Waals surface area contributed by atoms with E-state index in [1.807, 2.05) is 0 Å². The molecule has 0 heterocycles. The van der Waals surface area contributed by atoms with Crippen LogP contribution < -0.4 is 0 Å². The molecule has 0 nitrogen and oxygen atoms in total. The molecular weight excluding hydrogens is 240 g/mol. The second kappa shape index (κ2) is 6.74. The van der Waals surface area contributed by atoms with Gasteiger partial charge in [-0.05, 0) is 59.7 Å². The summed E-state index contributed by atoms with van der Waals surface area (Å²) in [6, 6.07) is 11.5. The van der Waals surface area contributed by atoms with E-state index in [4.69, 9.17) is 0 Å². The molecule has 0 aliphatic heterocycles. The van der Waals surface area contributed by atoms with Gasteiger partial charge in [-0.2, -0.15) is 0 Å². The zero-order valence-electron chi connectivity index (χ0n) is 13.1. The molecule has 0 radical (unpaired) electrons. The molecule has 0 heteroatoms. The zero-order valence-corrected chi connectivity index (χ0v) is 13.1. The number of rotatable bonds is 6. The number of benzene rings is 2. The fourth-order valence-corrected chi connectivity index (χ4v) is 2.81. The van der Waals surface area contributed by atoms with Crippen LogP contribution in [-0.2, 0) is 6.42 Å². The lowest BCUT2D eigenvalue weighted by Crippen LogP contribution is -1.91. The number of aryl methyl sites for hydroxylation is 2. The molecule has 0 bridgehead atoms. The second-order valence-electron chi connectivity index (χ2n) is 5.77.